The summed E-state index contributed by atoms with van der Waals surface area (Å²) in [4.78, 5) is 22.3. The second-order valence-electron chi connectivity index (χ2n) is 4.34. The number of benzene rings is 1. The number of unbranched alkanes of at least 4 members (excludes halogenated alkanes) is 1. The van der Waals surface area contributed by atoms with Crippen molar-refractivity contribution in [2.45, 2.75) is 38.0 Å². The predicted octanol–water partition coefficient (Wildman–Crippen LogP) is 1.64. The van der Waals surface area contributed by atoms with Crippen LogP contribution in [-0.4, -0.2) is 20.2 Å². The minimum Gasteiger partial charge on any atom is -0.326 e. The zero-order valence-electron chi connectivity index (χ0n) is 11.5. The van der Waals surface area contributed by atoms with E-state index in [9.17, 15) is 18.0 Å². The van der Waals surface area contributed by atoms with E-state index < -0.39 is 15.9 Å². The highest BCUT2D eigenvalue weighted by Gasteiger charge is 2.15. The van der Waals surface area contributed by atoms with Gasteiger partial charge in [-0.1, -0.05) is 13.3 Å². The quantitative estimate of drug-likeness (QED) is 0.835. The molecule has 2 N–H and O–H groups in total. The summed E-state index contributed by atoms with van der Waals surface area (Å²) in [6.07, 6.45) is 2.17. The van der Waals surface area contributed by atoms with E-state index >= 15 is 0 Å². The summed E-state index contributed by atoms with van der Waals surface area (Å²) in [6.45, 7) is 3.12. The number of hydrogen-bond donors (Lipinski definition) is 2. The van der Waals surface area contributed by atoms with Crippen molar-refractivity contribution in [2.24, 2.45) is 0 Å². The first-order chi connectivity index (χ1) is 9.35. The number of sulfonamides is 1. The molecule has 0 heterocycles. The van der Waals surface area contributed by atoms with Crippen LogP contribution in [0.15, 0.2) is 29.2 Å². The first-order valence-electron chi connectivity index (χ1n) is 6.28. The Morgan fingerprint density at radius 2 is 1.75 bits per heavy atom. The van der Waals surface area contributed by atoms with Gasteiger partial charge >= 0.3 is 0 Å². The standard InChI is InChI=1S/C13H18N2O4S/c1-3-4-5-13(17)14-11-6-8-12(9-7-11)20(18,19)15-10(2)16/h6-9H,3-5H2,1-2H3,(H,14,17)(H,15,16). The fraction of sp³-hybridized carbons (Fsp3) is 0.385. The molecule has 0 saturated heterocycles. The lowest BCUT2D eigenvalue weighted by Crippen LogP contribution is -2.28. The van der Waals surface area contributed by atoms with E-state index in [2.05, 4.69) is 5.32 Å². The van der Waals surface area contributed by atoms with Crippen LogP contribution in [0.1, 0.15) is 33.1 Å². The van der Waals surface area contributed by atoms with Crippen molar-refractivity contribution in [3.63, 3.8) is 0 Å². The highest BCUT2D eigenvalue weighted by Crippen LogP contribution is 2.14. The van der Waals surface area contributed by atoms with Crippen molar-refractivity contribution < 1.29 is 18.0 Å². The van der Waals surface area contributed by atoms with Crippen LogP contribution in [0.2, 0.25) is 0 Å². The van der Waals surface area contributed by atoms with E-state index in [-0.39, 0.29) is 10.8 Å². The molecule has 0 aliphatic carbocycles. The molecule has 0 saturated carbocycles. The van der Waals surface area contributed by atoms with Gasteiger partial charge in [0.25, 0.3) is 10.0 Å². The molecule has 0 aliphatic heterocycles. The normalized spacial score (nSPS) is 10.9. The maximum atomic E-state index is 11.7. The summed E-state index contributed by atoms with van der Waals surface area (Å²) in [5, 5.41) is 2.68. The topological polar surface area (TPSA) is 92.3 Å². The summed E-state index contributed by atoms with van der Waals surface area (Å²) in [5.74, 6) is -0.758. The molecular weight excluding hydrogens is 280 g/mol. The Hall–Kier alpha value is -1.89. The van der Waals surface area contributed by atoms with Gasteiger partial charge in [-0.2, -0.15) is 0 Å². The van der Waals surface area contributed by atoms with E-state index in [0.29, 0.717) is 12.1 Å². The second-order valence-corrected chi connectivity index (χ2v) is 6.02. The van der Waals surface area contributed by atoms with Crippen molar-refractivity contribution in [3.05, 3.63) is 24.3 Å². The molecule has 0 spiro atoms. The third-order valence-corrected chi connectivity index (χ3v) is 3.93. The number of amides is 2. The van der Waals surface area contributed by atoms with Gasteiger partial charge in [-0.05, 0) is 30.7 Å². The molecule has 1 aromatic rings. The fourth-order valence-electron chi connectivity index (χ4n) is 1.53. The van der Waals surface area contributed by atoms with Crippen molar-refractivity contribution in [1.82, 2.24) is 4.72 Å². The lowest BCUT2D eigenvalue weighted by Gasteiger charge is -2.07. The number of carbonyl (C=O) groups is 2. The average molecular weight is 298 g/mol. The van der Waals surface area contributed by atoms with Crippen molar-refractivity contribution in [3.8, 4) is 0 Å². The lowest BCUT2D eigenvalue weighted by atomic mass is 10.2. The van der Waals surface area contributed by atoms with Gasteiger partial charge in [-0.25, -0.2) is 13.1 Å². The van der Waals surface area contributed by atoms with Crippen molar-refractivity contribution in [2.75, 3.05) is 5.32 Å². The molecule has 0 bridgehead atoms. The van der Waals surface area contributed by atoms with Gasteiger partial charge in [-0.3, -0.25) is 9.59 Å². The third kappa shape index (κ3) is 5.00. The summed E-state index contributed by atoms with van der Waals surface area (Å²) in [6, 6.07) is 5.64. The van der Waals surface area contributed by atoms with E-state index in [1.165, 1.54) is 24.3 Å². The van der Waals surface area contributed by atoms with Gasteiger partial charge in [0.15, 0.2) is 0 Å². The molecule has 0 atom stereocenters. The Kier molecular flexibility index (Phi) is 5.69. The number of nitrogens with one attached hydrogen (secondary N) is 2. The molecule has 2 amide bonds. The van der Waals surface area contributed by atoms with Crippen LogP contribution in [0.4, 0.5) is 5.69 Å². The Labute approximate surface area is 118 Å². The van der Waals surface area contributed by atoms with E-state index in [4.69, 9.17) is 0 Å². The molecule has 20 heavy (non-hydrogen) atoms. The van der Waals surface area contributed by atoms with Crippen LogP contribution in [0.3, 0.4) is 0 Å². The second kappa shape index (κ2) is 7.04. The largest absolute Gasteiger partial charge is 0.326 e. The maximum absolute atomic E-state index is 11.7. The lowest BCUT2D eigenvalue weighted by molar-refractivity contribution is -0.117. The molecule has 0 aromatic heterocycles. The van der Waals surface area contributed by atoms with Gasteiger partial charge in [0.2, 0.25) is 11.8 Å². The van der Waals surface area contributed by atoms with Crippen LogP contribution < -0.4 is 10.0 Å². The minimum atomic E-state index is -3.83. The highest BCUT2D eigenvalue weighted by molar-refractivity contribution is 7.90. The Morgan fingerprint density at radius 3 is 2.25 bits per heavy atom. The zero-order chi connectivity index (χ0) is 15.2. The smallest absolute Gasteiger partial charge is 0.264 e. The van der Waals surface area contributed by atoms with Gasteiger partial charge in [0, 0.05) is 19.0 Å². The SMILES string of the molecule is CCCCC(=O)Nc1ccc(S(=O)(=O)NC(C)=O)cc1. The van der Waals surface area contributed by atoms with Gasteiger partial charge in [-0.15, -0.1) is 0 Å². The molecule has 1 aromatic carbocycles. The van der Waals surface area contributed by atoms with Crippen LogP contribution in [0.25, 0.3) is 0 Å². The molecular formula is C13H18N2O4S. The molecule has 0 unspecified atom stereocenters. The Balaban J connectivity index is 2.74. The van der Waals surface area contributed by atoms with Gasteiger partial charge in [0.05, 0.1) is 4.90 Å². The molecule has 0 radical (unpaired) electrons. The van der Waals surface area contributed by atoms with E-state index in [0.717, 1.165) is 19.8 Å². The van der Waals surface area contributed by atoms with Crippen molar-refractivity contribution in [1.29, 1.82) is 0 Å². The van der Waals surface area contributed by atoms with Crippen molar-refractivity contribution >= 4 is 27.5 Å². The molecule has 110 valence electrons. The van der Waals surface area contributed by atoms with Gasteiger partial charge < -0.3 is 5.32 Å². The van der Waals surface area contributed by atoms with E-state index in [1.807, 2.05) is 11.6 Å². The number of anilines is 1. The summed E-state index contributed by atoms with van der Waals surface area (Å²) < 4.78 is 25.3. The monoisotopic (exact) mass is 298 g/mol. The molecule has 1 rings (SSSR count). The number of hydrogen-bond acceptors (Lipinski definition) is 4. The van der Waals surface area contributed by atoms with Crippen LogP contribution >= 0.6 is 0 Å². The third-order valence-electron chi connectivity index (χ3n) is 2.48. The van der Waals surface area contributed by atoms with Crippen LogP contribution in [-0.2, 0) is 19.6 Å². The summed E-state index contributed by atoms with van der Waals surface area (Å²) in [5.41, 5.74) is 0.521. The molecule has 0 aliphatic rings. The number of carbonyl (C=O) groups excluding carboxylic acids is 2. The maximum Gasteiger partial charge on any atom is 0.264 e. The van der Waals surface area contributed by atoms with E-state index in [1.54, 1.807) is 0 Å². The zero-order valence-corrected chi connectivity index (χ0v) is 12.3. The minimum absolute atomic E-state index is 0.0285. The predicted molar refractivity (Wildman–Crippen MR) is 75.6 cm³/mol. The molecule has 6 nitrogen and oxygen atoms in total. The van der Waals surface area contributed by atoms with Gasteiger partial charge in [0.1, 0.15) is 0 Å². The first-order valence-corrected chi connectivity index (χ1v) is 7.77. The molecule has 7 heteroatoms. The fourth-order valence-corrected chi connectivity index (χ4v) is 2.52. The number of rotatable bonds is 6. The summed E-state index contributed by atoms with van der Waals surface area (Å²) in [7, 11) is -3.83. The highest BCUT2D eigenvalue weighted by atomic mass is 32.2. The Morgan fingerprint density at radius 1 is 1.15 bits per heavy atom. The van der Waals surface area contributed by atoms with Crippen LogP contribution in [0.5, 0.6) is 0 Å². The Bertz CT molecular complexity index is 579. The summed E-state index contributed by atoms with van der Waals surface area (Å²) >= 11 is 0. The van der Waals surface area contributed by atoms with Crippen LogP contribution in [0, 0.1) is 0 Å². The first kappa shape index (κ1) is 16.2. The molecule has 0 fully saturated rings. The average Bonchev–Trinajstić information content (AvgIpc) is 2.35.